The highest BCUT2D eigenvalue weighted by atomic mass is 32.2. The van der Waals surface area contributed by atoms with E-state index in [1.54, 1.807) is 14.2 Å². The van der Waals surface area contributed by atoms with Crippen molar-refractivity contribution in [2.24, 2.45) is 0 Å². The van der Waals surface area contributed by atoms with Gasteiger partial charge in [0.05, 0.1) is 25.5 Å². The third-order valence-corrected chi connectivity index (χ3v) is 4.66. The van der Waals surface area contributed by atoms with Gasteiger partial charge in [0.1, 0.15) is 11.5 Å². The number of hydrogen-bond donors (Lipinski definition) is 0. The van der Waals surface area contributed by atoms with Gasteiger partial charge in [0.2, 0.25) is 11.7 Å². The second-order valence-electron chi connectivity index (χ2n) is 5.61. The molecule has 142 valence electrons. The summed E-state index contributed by atoms with van der Waals surface area (Å²) in [6, 6.07) is 14.9. The van der Waals surface area contributed by atoms with Gasteiger partial charge in [0.15, 0.2) is 0 Å². The van der Waals surface area contributed by atoms with Gasteiger partial charge in [-0.2, -0.15) is 4.98 Å². The van der Waals surface area contributed by atoms with Gasteiger partial charge in [-0.25, -0.2) is 0 Å². The summed E-state index contributed by atoms with van der Waals surface area (Å²) in [5.41, 5.74) is 1.55. The predicted molar refractivity (Wildman–Crippen MR) is 102 cm³/mol. The summed E-state index contributed by atoms with van der Waals surface area (Å²) in [5.74, 6) is 3.15. The van der Waals surface area contributed by atoms with E-state index in [0.717, 1.165) is 16.9 Å². The molecule has 0 aliphatic rings. The molecule has 0 unspecified atom stereocenters. The minimum Gasteiger partial charge on any atom is -0.497 e. The van der Waals surface area contributed by atoms with Crippen molar-refractivity contribution in [1.29, 1.82) is 0 Å². The van der Waals surface area contributed by atoms with Crippen LogP contribution in [0.15, 0.2) is 62.7 Å². The largest absolute Gasteiger partial charge is 0.497 e. The Labute approximate surface area is 164 Å². The van der Waals surface area contributed by atoms with E-state index in [9.17, 15) is 0 Å². The Morgan fingerprint density at radius 1 is 1.00 bits per heavy atom. The lowest BCUT2D eigenvalue weighted by Gasteiger charge is -2.03. The van der Waals surface area contributed by atoms with Gasteiger partial charge in [0, 0.05) is 5.56 Å². The second kappa shape index (κ2) is 8.13. The molecule has 8 nitrogen and oxygen atoms in total. The number of ether oxygens (including phenoxy) is 2. The molecule has 2 aromatic heterocycles. The maximum Gasteiger partial charge on any atom is 0.277 e. The fourth-order valence-corrected chi connectivity index (χ4v) is 3.12. The maximum atomic E-state index is 5.71. The average Bonchev–Trinajstić information content (AvgIpc) is 3.42. The van der Waals surface area contributed by atoms with Crippen LogP contribution < -0.4 is 9.47 Å². The maximum absolute atomic E-state index is 5.71. The summed E-state index contributed by atoms with van der Waals surface area (Å²) in [4.78, 5) is 4.40. The van der Waals surface area contributed by atoms with Crippen LogP contribution in [-0.4, -0.2) is 34.6 Å². The molecule has 2 heterocycles. The van der Waals surface area contributed by atoms with Gasteiger partial charge in [0.25, 0.3) is 11.1 Å². The Balaban J connectivity index is 1.44. The lowest BCUT2D eigenvalue weighted by Crippen LogP contribution is -1.87. The van der Waals surface area contributed by atoms with Gasteiger partial charge in [-0.15, -0.1) is 10.2 Å². The van der Waals surface area contributed by atoms with Crippen LogP contribution in [0.2, 0.25) is 0 Å². The van der Waals surface area contributed by atoms with Crippen molar-refractivity contribution < 1.29 is 18.4 Å². The highest BCUT2D eigenvalue weighted by molar-refractivity contribution is 7.98. The van der Waals surface area contributed by atoms with E-state index in [1.807, 2.05) is 48.5 Å². The molecule has 0 bridgehead atoms. The van der Waals surface area contributed by atoms with Crippen LogP contribution in [0.4, 0.5) is 0 Å². The Morgan fingerprint density at radius 2 is 1.89 bits per heavy atom. The highest BCUT2D eigenvalue weighted by Gasteiger charge is 2.15. The van der Waals surface area contributed by atoms with Crippen molar-refractivity contribution in [3.8, 4) is 34.3 Å². The third kappa shape index (κ3) is 3.84. The smallest absolute Gasteiger partial charge is 0.277 e. The summed E-state index contributed by atoms with van der Waals surface area (Å²) < 4.78 is 21.6. The molecule has 0 aliphatic heterocycles. The zero-order chi connectivity index (χ0) is 19.3. The molecule has 0 saturated carbocycles. The number of thioether (sulfide) groups is 1. The molecule has 0 radical (unpaired) electrons. The molecule has 2 aromatic carbocycles. The van der Waals surface area contributed by atoms with E-state index in [0.29, 0.717) is 34.3 Å². The lowest BCUT2D eigenvalue weighted by molar-refractivity contribution is 0.390. The number of rotatable bonds is 7. The Hall–Kier alpha value is -3.33. The van der Waals surface area contributed by atoms with Gasteiger partial charge in [-0.3, -0.25) is 0 Å². The van der Waals surface area contributed by atoms with Crippen molar-refractivity contribution in [3.05, 3.63) is 54.4 Å². The van der Waals surface area contributed by atoms with Gasteiger partial charge in [-0.1, -0.05) is 41.2 Å². The van der Waals surface area contributed by atoms with E-state index in [2.05, 4.69) is 20.3 Å². The Morgan fingerprint density at radius 3 is 2.75 bits per heavy atom. The number of nitrogens with zero attached hydrogens (tertiary/aromatic N) is 4. The normalized spacial score (nSPS) is 10.8. The Bertz CT molecular complexity index is 1080. The first-order valence-corrected chi connectivity index (χ1v) is 9.32. The van der Waals surface area contributed by atoms with Crippen molar-refractivity contribution >= 4 is 11.8 Å². The standard InChI is InChI=1S/C19H16N4O4S/c1-24-13-7-5-6-12(10-13)17-20-16(27-23-17)11-28-19-22-21-18(26-19)14-8-3-4-9-15(14)25-2/h3-10H,11H2,1-2H3. The number of benzene rings is 2. The summed E-state index contributed by atoms with van der Waals surface area (Å²) >= 11 is 1.32. The average molecular weight is 396 g/mol. The van der Waals surface area contributed by atoms with Gasteiger partial charge >= 0.3 is 0 Å². The lowest BCUT2D eigenvalue weighted by atomic mass is 10.2. The van der Waals surface area contributed by atoms with Crippen LogP contribution in [0.25, 0.3) is 22.8 Å². The molecule has 0 amide bonds. The quantitative estimate of drug-likeness (QED) is 0.428. The van der Waals surface area contributed by atoms with Crippen LogP contribution in [-0.2, 0) is 5.75 Å². The summed E-state index contributed by atoms with van der Waals surface area (Å²) in [6.45, 7) is 0. The molecule has 9 heteroatoms. The molecule has 0 aliphatic carbocycles. The summed E-state index contributed by atoms with van der Waals surface area (Å²) in [6.07, 6.45) is 0. The molecule has 0 spiro atoms. The molecule has 4 aromatic rings. The fraction of sp³-hybridized carbons (Fsp3) is 0.158. The van der Waals surface area contributed by atoms with Crippen LogP contribution in [0, 0.1) is 0 Å². The van der Waals surface area contributed by atoms with Crippen LogP contribution in [0.5, 0.6) is 11.5 Å². The third-order valence-electron chi connectivity index (χ3n) is 3.86. The van der Waals surface area contributed by atoms with Crippen LogP contribution in [0.1, 0.15) is 5.89 Å². The van der Waals surface area contributed by atoms with E-state index in [4.69, 9.17) is 18.4 Å². The summed E-state index contributed by atoms with van der Waals surface area (Å²) in [7, 11) is 3.21. The van der Waals surface area contributed by atoms with Gasteiger partial charge in [-0.05, 0) is 24.3 Å². The SMILES string of the molecule is COc1cccc(-c2noc(CSc3nnc(-c4ccccc4OC)o3)n2)c1. The van der Waals surface area contributed by atoms with E-state index in [-0.39, 0.29) is 0 Å². The van der Waals surface area contributed by atoms with Gasteiger partial charge < -0.3 is 18.4 Å². The van der Waals surface area contributed by atoms with Crippen molar-refractivity contribution in [3.63, 3.8) is 0 Å². The van der Waals surface area contributed by atoms with Crippen molar-refractivity contribution in [2.45, 2.75) is 11.0 Å². The van der Waals surface area contributed by atoms with Crippen LogP contribution >= 0.6 is 11.8 Å². The number of methoxy groups -OCH3 is 2. The number of aromatic nitrogens is 4. The molecule has 0 fully saturated rings. The van der Waals surface area contributed by atoms with Crippen LogP contribution in [0.3, 0.4) is 0 Å². The number of hydrogen-bond acceptors (Lipinski definition) is 9. The number of para-hydroxylation sites is 1. The zero-order valence-corrected chi connectivity index (χ0v) is 16.0. The molecule has 28 heavy (non-hydrogen) atoms. The fourth-order valence-electron chi connectivity index (χ4n) is 2.51. The van der Waals surface area contributed by atoms with E-state index < -0.39 is 0 Å². The topological polar surface area (TPSA) is 96.3 Å². The molecule has 4 rings (SSSR count). The molecule has 0 N–H and O–H groups in total. The van der Waals surface area contributed by atoms with Crippen molar-refractivity contribution in [2.75, 3.05) is 14.2 Å². The minimum absolute atomic E-state index is 0.391. The highest BCUT2D eigenvalue weighted by Crippen LogP contribution is 2.31. The first kappa shape index (κ1) is 18.1. The minimum atomic E-state index is 0.391. The molecular weight excluding hydrogens is 380 g/mol. The monoisotopic (exact) mass is 396 g/mol. The second-order valence-corrected chi connectivity index (χ2v) is 6.53. The first-order valence-electron chi connectivity index (χ1n) is 8.33. The van der Waals surface area contributed by atoms with E-state index >= 15 is 0 Å². The zero-order valence-electron chi connectivity index (χ0n) is 15.2. The van der Waals surface area contributed by atoms with Crippen molar-refractivity contribution in [1.82, 2.24) is 20.3 Å². The molecule has 0 atom stereocenters. The first-order chi connectivity index (χ1) is 13.8. The summed E-state index contributed by atoms with van der Waals surface area (Å²) in [5, 5.41) is 12.6. The van der Waals surface area contributed by atoms with E-state index in [1.165, 1.54) is 11.8 Å². The molecule has 0 saturated heterocycles. The molecular formula is C19H16N4O4S. The Kier molecular flexibility index (Phi) is 5.24. The predicted octanol–water partition coefficient (Wildman–Crippen LogP) is 4.10.